The van der Waals surface area contributed by atoms with Crippen molar-refractivity contribution in [1.29, 1.82) is 0 Å². The number of aromatic nitrogens is 2. The molecule has 0 saturated heterocycles. The average molecular weight is 343 g/mol. The van der Waals surface area contributed by atoms with Crippen molar-refractivity contribution in [3.05, 3.63) is 52.0 Å². The molecule has 1 heterocycles. The summed E-state index contributed by atoms with van der Waals surface area (Å²) in [7, 11) is 1.62. The van der Waals surface area contributed by atoms with Crippen molar-refractivity contribution in [2.45, 2.75) is 19.1 Å². The molecule has 2 aromatic rings. The number of ether oxygens (including phenoxy) is 1. The number of aliphatic hydroxyl groups excluding tert-OH is 1. The predicted molar refractivity (Wildman–Crippen MR) is 76.9 cm³/mol. The van der Waals surface area contributed by atoms with E-state index in [9.17, 15) is 9.50 Å². The number of halogens is 2. The van der Waals surface area contributed by atoms with Gasteiger partial charge in [-0.05, 0) is 33.6 Å². The summed E-state index contributed by atoms with van der Waals surface area (Å²) in [5.41, 5.74) is 1.57. The molecule has 1 aromatic heterocycles. The average Bonchev–Trinajstić information content (AvgIpc) is 2.80. The van der Waals surface area contributed by atoms with Crippen LogP contribution in [0.3, 0.4) is 0 Å². The largest absolute Gasteiger partial charge is 0.386 e. The lowest BCUT2D eigenvalue weighted by atomic mass is 10.1. The molecule has 2 rings (SSSR count). The highest BCUT2D eigenvalue weighted by atomic mass is 79.9. The van der Waals surface area contributed by atoms with Crippen molar-refractivity contribution in [1.82, 2.24) is 9.78 Å². The van der Waals surface area contributed by atoms with Gasteiger partial charge in [0.25, 0.3) is 0 Å². The van der Waals surface area contributed by atoms with E-state index in [0.717, 1.165) is 10.0 Å². The van der Waals surface area contributed by atoms with Crippen molar-refractivity contribution < 1.29 is 14.2 Å². The number of methoxy groups -OCH3 is 1. The first kappa shape index (κ1) is 15.2. The van der Waals surface area contributed by atoms with Gasteiger partial charge in [-0.1, -0.05) is 12.1 Å². The second kappa shape index (κ2) is 6.97. The van der Waals surface area contributed by atoms with E-state index in [4.69, 9.17) is 4.74 Å². The van der Waals surface area contributed by atoms with E-state index in [2.05, 4.69) is 21.0 Å². The predicted octanol–water partition coefficient (Wildman–Crippen LogP) is 2.71. The first-order valence-corrected chi connectivity index (χ1v) is 7.03. The molecule has 1 aromatic carbocycles. The van der Waals surface area contributed by atoms with Crippen LogP contribution in [-0.2, 0) is 17.7 Å². The van der Waals surface area contributed by atoms with Gasteiger partial charge in [0.1, 0.15) is 11.9 Å². The molecule has 0 aliphatic carbocycles. The number of aliphatic hydroxyl groups is 1. The molecule has 0 aliphatic heterocycles. The van der Waals surface area contributed by atoms with E-state index in [1.165, 1.54) is 12.1 Å². The normalized spacial score (nSPS) is 12.6. The minimum Gasteiger partial charge on any atom is -0.386 e. The summed E-state index contributed by atoms with van der Waals surface area (Å²) in [6.07, 6.45) is 1.34. The molecule has 0 radical (unpaired) electrons. The third-order valence-corrected chi connectivity index (χ3v) is 3.61. The van der Waals surface area contributed by atoms with Crippen LogP contribution in [0.1, 0.15) is 17.4 Å². The SMILES string of the molecule is COCCn1ncc(Br)c1C(O)Cc1ccc(F)cc1. The molecule has 0 spiro atoms. The molecule has 0 saturated carbocycles. The Bertz CT molecular complexity index is 557. The highest BCUT2D eigenvalue weighted by Gasteiger charge is 2.18. The van der Waals surface area contributed by atoms with Crippen LogP contribution in [0.2, 0.25) is 0 Å². The zero-order chi connectivity index (χ0) is 14.5. The minimum absolute atomic E-state index is 0.283. The van der Waals surface area contributed by atoms with Gasteiger partial charge in [0.15, 0.2) is 0 Å². The first-order chi connectivity index (χ1) is 9.61. The summed E-state index contributed by atoms with van der Waals surface area (Å²) in [5.74, 6) is -0.283. The Morgan fingerprint density at radius 2 is 2.10 bits per heavy atom. The zero-order valence-electron chi connectivity index (χ0n) is 11.1. The Morgan fingerprint density at radius 3 is 2.75 bits per heavy atom. The molecule has 4 nitrogen and oxygen atoms in total. The number of rotatable bonds is 6. The van der Waals surface area contributed by atoms with Crippen LogP contribution in [0.25, 0.3) is 0 Å². The van der Waals surface area contributed by atoms with Crippen LogP contribution < -0.4 is 0 Å². The van der Waals surface area contributed by atoms with Gasteiger partial charge in [-0.3, -0.25) is 4.68 Å². The van der Waals surface area contributed by atoms with Crippen LogP contribution in [0.15, 0.2) is 34.9 Å². The molecule has 0 bridgehead atoms. The monoisotopic (exact) mass is 342 g/mol. The lowest BCUT2D eigenvalue weighted by Gasteiger charge is -2.14. The van der Waals surface area contributed by atoms with Gasteiger partial charge in [0.05, 0.1) is 29.5 Å². The molecule has 108 valence electrons. The molecule has 1 atom stereocenters. The first-order valence-electron chi connectivity index (χ1n) is 6.24. The highest BCUT2D eigenvalue weighted by molar-refractivity contribution is 9.10. The van der Waals surface area contributed by atoms with Crippen molar-refractivity contribution in [2.75, 3.05) is 13.7 Å². The molecule has 20 heavy (non-hydrogen) atoms. The Morgan fingerprint density at radius 1 is 1.40 bits per heavy atom. The number of benzene rings is 1. The molecule has 1 N–H and O–H groups in total. The topological polar surface area (TPSA) is 47.3 Å². The Labute approximate surface area is 125 Å². The lowest BCUT2D eigenvalue weighted by Crippen LogP contribution is -2.14. The Balaban J connectivity index is 2.13. The van der Waals surface area contributed by atoms with Crippen LogP contribution in [0, 0.1) is 5.82 Å². The summed E-state index contributed by atoms with van der Waals surface area (Å²) in [4.78, 5) is 0. The number of hydrogen-bond donors (Lipinski definition) is 1. The summed E-state index contributed by atoms with van der Waals surface area (Å²) in [5, 5.41) is 14.6. The number of hydrogen-bond acceptors (Lipinski definition) is 3. The zero-order valence-corrected chi connectivity index (χ0v) is 12.7. The second-order valence-corrected chi connectivity index (χ2v) is 5.29. The third kappa shape index (κ3) is 3.65. The van der Waals surface area contributed by atoms with Crippen molar-refractivity contribution in [3.8, 4) is 0 Å². The van der Waals surface area contributed by atoms with E-state index in [1.807, 2.05) is 0 Å². The molecule has 0 aliphatic rings. The molecular weight excluding hydrogens is 327 g/mol. The smallest absolute Gasteiger partial charge is 0.123 e. The maximum absolute atomic E-state index is 12.9. The van der Waals surface area contributed by atoms with Crippen molar-refractivity contribution >= 4 is 15.9 Å². The van der Waals surface area contributed by atoms with Gasteiger partial charge >= 0.3 is 0 Å². The second-order valence-electron chi connectivity index (χ2n) is 4.44. The highest BCUT2D eigenvalue weighted by Crippen LogP contribution is 2.26. The van der Waals surface area contributed by atoms with Crippen molar-refractivity contribution in [3.63, 3.8) is 0 Å². The maximum atomic E-state index is 12.9. The molecule has 1 unspecified atom stereocenters. The number of nitrogens with zero attached hydrogens (tertiary/aromatic N) is 2. The molecule has 0 amide bonds. The summed E-state index contributed by atoms with van der Waals surface area (Å²) in [6.45, 7) is 1.09. The van der Waals surface area contributed by atoms with Crippen molar-refractivity contribution in [2.24, 2.45) is 0 Å². The standard InChI is InChI=1S/C14H16BrFN2O2/c1-20-7-6-18-14(12(15)9-17-18)13(19)8-10-2-4-11(16)5-3-10/h2-5,9,13,19H,6-8H2,1H3. The van der Waals surface area contributed by atoms with Gasteiger partial charge in [-0.25, -0.2) is 4.39 Å². The van der Waals surface area contributed by atoms with Crippen LogP contribution in [0.5, 0.6) is 0 Å². The van der Waals surface area contributed by atoms with Gasteiger partial charge in [0, 0.05) is 13.5 Å². The molecule has 0 fully saturated rings. The Kier molecular flexibility index (Phi) is 5.28. The van der Waals surface area contributed by atoms with E-state index in [0.29, 0.717) is 25.3 Å². The van der Waals surface area contributed by atoms with Gasteiger partial charge in [-0.2, -0.15) is 5.10 Å². The van der Waals surface area contributed by atoms with E-state index in [1.54, 1.807) is 30.1 Å². The fourth-order valence-electron chi connectivity index (χ4n) is 2.00. The van der Waals surface area contributed by atoms with Gasteiger partial charge in [-0.15, -0.1) is 0 Å². The van der Waals surface area contributed by atoms with Crippen LogP contribution in [-0.4, -0.2) is 28.6 Å². The minimum atomic E-state index is -0.714. The Hall–Kier alpha value is -1.24. The summed E-state index contributed by atoms with van der Waals surface area (Å²) in [6, 6.07) is 6.11. The maximum Gasteiger partial charge on any atom is 0.123 e. The third-order valence-electron chi connectivity index (χ3n) is 3.00. The van der Waals surface area contributed by atoms with E-state index in [-0.39, 0.29) is 5.82 Å². The summed E-state index contributed by atoms with van der Waals surface area (Å²) >= 11 is 3.39. The quantitative estimate of drug-likeness (QED) is 0.877. The van der Waals surface area contributed by atoms with E-state index < -0.39 is 6.10 Å². The van der Waals surface area contributed by atoms with Gasteiger partial charge in [0.2, 0.25) is 0 Å². The fourth-order valence-corrected chi connectivity index (χ4v) is 2.56. The molecule has 6 heteroatoms. The lowest BCUT2D eigenvalue weighted by molar-refractivity contribution is 0.152. The summed E-state index contributed by atoms with van der Waals surface area (Å²) < 4.78 is 20.4. The molecular formula is C14H16BrFN2O2. The van der Waals surface area contributed by atoms with Gasteiger partial charge < -0.3 is 9.84 Å². The van der Waals surface area contributed by atoms with Crippen LogP contribution >= 0.6 is 15.9 Å². The van der Waals surface area contributed by atoms with Crippen LogP contribution in [0.4, 0.5) is 4.39 Å². The van der Waals surface area contributed by atoms with E-state index >= 15 is 0 Å². The fraction of sp³-hybridized carbons (Fsp3) is 0.357.